The van der Waals surface area contributed by atoms with E-state index in [1.54, 1.807) is 0 Å². The lowest BCUT2D eigenvalue weighted by Crippen LogP contribution is -2.14. The Morgan fingerprint density at radius 3 is 2.88 bits per heavy atom. The second-order valence-corrected chi connectivity index (χ2v) is 2.89. The first kappa shape index (κ1) is 6.43. The molecule has 0 aromatic heterocycles. The second kappa shape index (κ2) is 2.74. The Morgan fingerprint density at radius 1 is 1.75 bits per heavy atom. The zero-order valence-corrected chi connectivity index (χ0v) is 5.76. The lowest BCUT2D eigenvalue weighted by atomic mass is 10.3. The van der Waals surface area contributed by atoms with Crippen molar-refractivity contribution >= 4 is 8.60 Å². The van der Waals surface area contributed by atoms with Crippen LogP contribution < -0.4 is 0 Å². The maximum Gasteiger partial charge on any atom is 0.395 e. The van der Waals surface area contributed by atoms with Crippen LogP contribution in [0.25, 0.3) is 0 Å². The molecule has 48 valence electrons. The van der Waals surface area contributed by atoms with E-state index in [1.807, 2.05) is 6.92 Å². The highest BCUT2D eigenvalue weighted by molar-refractivity contribution is 7.40. The molecule has 2 unspecified atom stereocenters. The van der Waals surface area contributed by atoms with Gasteiger partial charge in [-0.25, -0.2) is 0 Å². The SMILES string of the molecule is CC1CCO[PH+](O)O1. The van der Waals surface area contributed by atoms with Gasteiger partial charge in [0.25, 0.3) is 0 Å². The molecule has 1 saturated heterocycles. The summed E-state index contributed by atoms with van der Waals surface area (Å²) in [6, 6.07) is 0. The van der Waals surface area contributed by atoms with Gasteiger partial charge in [0.2, 0.25) is 0 Å². The minimum Gasteiger partial charge on any atom is -0.194 e. The summed E-state index contributed by atoms with van der Waals surface area (Å²) in [4.78, 5) is 8.74. The monoisotopic (exact) mass is 137 g/mol. The molecule has 3 nitrogen and oxygen atoms in total. The van der Waals surface area contributed by atoms with Gasteiger partial charge in [-0.2, -0.15) is 13.9 Å². The minimum atomic E-state index is -1.84. The van der Waals surface area contributed by atoms with Gasteiger partial charge in [0, 0.05) is 6.42 Å². The fourth-order valence-electron chi connectivity index (χ4n) is 0.577. The average molecular weight is 137 g/mol. The van der Waals surface area contributed by atoms with Crippen LogP contribution >= 0.6 is 8.60 Å². The maximum absolute atomic E-state index is 8.74. The molecule has 8 heavy (non-hydrogen) atoms. The number of hydrogen-bond donors (Lipinski definition) is 1. The molecular formula is C4H10O3P+. The van der Waals surface area contributed by atoms with E-state index in [-0.39, 0.29) is 6.10 Å². The summed E-state index contributed by atoms with van der Waals surface area (Å²) in [6.45, 7) is 2.58. The third-order valence-electron chi connectivity index (χ3n) is 1.05. The predicted molar refractivity (Wildman–Crippen MR) is 31.6 cm³/mol. The molecule has 0 aromatic rings. The van der Waals surface area contributed by atoms with Gasteiger partial charge in [0.1, 0.15) is 6.10 Å². The molecule has 1 fully saturated rings. The van der Waals surface area contributed by atoms with Crippen molar-refractivity contribution in [3.8, 4) is 0 Å². The highest BCUT2D eigenvalue weighted by Crippen LogP contribution is 2.38. The Morgan fingerprint density at radius 2 is 2.50 bits per heavy atom. The predicted octanol–water partition coefficient (Wildman–Crippen LogP) is 0.763. The Bertz CT molecular complexity index is 69.7. The van der Waals surface area contributed by atoms with E-state index < -0.39 is 8.60 Å². The summed E-state index contributed by atoms with van der Waals surface area (Å²) in [7, 11) is -1.84. The van der Waals surface area contributed by atoms with Gasteiger partial charge in [-0.3, -0.25) is 0 Å². The molecular weight excluding hydrogens is 127 g/mol. The number of rotatable bonds is 0. The normalized spacial score (nSPS) is 39.8. The highest BCUT2D eigenvalue weighted by Gasteiger charge is 2.24. The van der Waals surface area contributed by atoms with Crippen molar-refractivity contribution in [2.75, 3.05) is 6.61 Å². The van der Waals surface area contributed by atoms with Gasteiger partial charge >= 0.3 is 8.60 Å². The summed E-state index contributed by atoms with van der Waals surface area (Å²) in [5.74, 6) is 0. The van der Waals surface area contributed by atoms with Gasteiger partial charge < -0.3 is 0 Å². The van der Waals surface area contributed by atoms with Crippen LogP contribution in [0, 0.1) is 0 Å². The fraction of sp³-hybridized carbons (Fsp3) is 1.00. The van der Waals surface area contributed by atoms with E-state index in [9.17, 15) is 0 Å². The minimum absolute atomic E-state index is 0.183. The average Bonchev–Trinajstić information content (AvgIpc) is 1.64. The van der Waals surface area contributed by atoms with Gasteiger partial charge in [-0.15, -0.1) is 0 Å². The lowest BCUT2D eigenvalue weighted by molar-refractivity contribution is 0.0901. The molecule has 2 atom stereocenters. The van der Waals surface area contributed by atoms with E-state index in [0.29, 0.717) is 6.61 Å². The van der Waals surface area contributed by atoms with Gasteiger partial charge in [0.05, 0.1) is 6.61 Å². The first-order chi connectivity index (χ1) is 3.79. The molecule has 0 saturated carbocycles. The van der Waals surface area contributed by atoms with E-state index in [2.05, 4.69) is 0 Å². The van der Waals surface area contributed by atoms with Gasteiger partial charge in [0.15, 0.2) is 0 Å². The Kier molecular flexibility index (Phi) is 2.20. The molecule has 0 amide bonds. The molecule has 1 N–H and O–H groups in total. The van der Waals surface area contributed by atoms with Crippen LogP contribution in [0.4, 0.5) is 0 Å². The topological polar surface area (TPSA) is 38.7 Å². The Labute approximate surface area is 49.6 Å². The zero-order valence-electron chi connectivity index (χ0n) is 4.76. The molecule has 0 bridgehead atoms. The molecule has 0 radical (unpaired) electrons. The molecule has 4 heteroatoms. The first-order valence-corrected chi connectivity index (χ1v) is 3.91. The van der Waals surface area contributed by atoms with E-state index in [0.717, 1.165) is 6.42 Å². The summed E-state index contributed by atoms with van der Waals surface area (Å²) in [5.41, 5.74) is 0. The smallest absolute Gasteiger partial charge is 0.194 e. The zero-order chi connectivity index (χ0) is 5.98. The molecule has 0 spiro atoms. The van der Waals surface area contributed by atoms with Gasteiger partial charge in [-0.05, 0) is 6.92 Å². The van der Waals surface area contributed by atoms with Crippen LogP contribution in [0.2, 0.25) is 0 Å². The first-order valence-electron chi connectivity index (χ1n) is 2.64. The van der Waals surface area contributed by atoms with Crippen LogP contribution in [0.15, 0.2) is 0 Å². The Balaban J connectivity index is 2.23. The van der Waals surface area contributed by atoms with Gasteiger partial charge in [-0.1, -0.05) is 0 Å². The Hall–Kier alpha value is 0.310. The summed E-state index contributed by atoms with van der Waals surface area (Å²) >= 11 is 0. The maximum atomic E-state index is 8.74. The molecule has 1 rings (SSSR count). The van der Waals surface area contributed by atoms with Crippen molar-refractivity contribution in [2.45, 2.75) is 19.4 Å². The molecule has 1 heterocycles. The van der Waals surface area contributed by atoms with Crippen molar-refractivity contribution in [1.82, 2.24) is 0 Å². The second-order valence-electron chi connectivity index (χ2n) is 1.83. The van der Waals surface area contributed by atoms with Crippen LogP contribution in [-0.2, 0) is 9.05 Å². The molecule has 1 aliphatic heterocycles. The van der Waals surface area contributed by atoms with E-state index in [1.165, 1.54) is 0 Å². The van der Waals surface area contributed by atoms with Crippen LogP contribution in [0.3, 0.4) is 0 Å². The van der Waals surface area contributed by atoms with Crippen LogP contribution in [-0.4, -0.2) is 17.6 Å². The number of hydrogen-bond acceptors (Lipinski definition) is 3. The van der Waals surface area contributed by atoms with E-state index in [4.69, 9.17) is 13.9 Å². The summed E-state index contributed by atoms with van der Waals surface area (Å²) in [6.07, 6.45) is 1.08. The quantitative estimate of drug-likeness (QED) is 0.501. The lowest BCUT2D eigenvalue weighted by Gasteiger charge is -2.14. The van der Waals surface area contributed by atoms with E-state index >= 15 is 0 Å². The van der Waals surface area contributed by atoms with Crippen molar-refractivity contribution in [3.05, 3.63) is 0 Å². The van der Waals surface area contributed by atoms with Crippen LogP contribution in [0.5, 0.6) is 0 Å². The molecule has 0 aliphatic carbocycles. The summed E-state index contributed by atoms with van der Waals surface area (Å²) < 4.78 is 9.70. The largest absolute Gasteiger partial charge is 0.395 e. The standard InChI is InChI=1S/C4H10O3P/c1-4-2-3-6-8(5)7-4/h4-5,8H,2-3H2,1H3/q+1. The highest BCUT2D eigenvalue weighted by atomic mass is 31.2. The fourth-order valence-corrected chi connectivity index (χ4v) is 1.40. The molecule has 1 aliphatic rings. The van der Waals surface area contributed by atoms with Crippen LogP contribution in [0.1, 0.15) is 13.3 Å². The van der Waals surface area contributed by atoms with Crippen molar-refractivity contribution in [3.63, 3.8) is 0 Å². The third-order valence-corrected chi connectivity index (χ3v) is 2.11. The van der Waals surface area contributed by atoms with Crippen molar-refractivity contribution in [1.29, 1.82) is 0 Å². The van der Waals surface area contributed by atoms with Crippen molar-refractivity contribution < 1.29 is 13.9 Å². The van der Waals surface area contributed by atoms with Crippen molar-refractivity contribution in [2.24, 2.45) is 0 Å². The third kappa shape index (κ3) is 1.67. The molecule has 0 aromatic carbocycles. The summed E-state index contributed by atoms with van der Waals surface area (Å²) in [5, 5.41) is 0.